The van der Waals surface area contributed by atoms with Crippen LogP contribution in [0.1, 0.15) is 5.56 Å². The van der Waals surface area contributed by atoms with Crippen LogP contribution in [0.25, 0.3) is 55.6 Å². The van der Waals surface area contributed by atoms with Gasteiger partial charge < -0.3 is 9.47 Å². The van der Waals surface area contributed by atoms with E-state index in [4.69, 9.17) is 9.47 Å². The number of fused-ring (bicyclic) bond motifs is 12. The molecule has 7 aromatic rings. The summed E-state index contributed by atoms with van der Waals surface area (Å²) in [5.74, 6) is 2.89. The molecule has 3 nitrogen and oxygen atoms in total. The molecule has 0 spiro atoms. The molecule has 2 aliphatic heterocycles. The van der Waals surface area contributed by atoms with E-state index >= 15 is 0 Å². The predicted octanol–water partition coefficient (Wildman–Crippen LogP) is 8.93. The normalized spacial score (nSPS) is 12.5. The summed E-state index contributed by atoms with van der Waals surface area (Å²) in [6, 6.07) is 53.3. The van der Waals surface area contributed by atoms with E-state index < -0.39 is 0 Å². The zero-order chi connectivity index (χ0) is 31.1. The van der Waals surface area contributed by atoms with Gasteiger partial charge in [0.1, 0.15) is 34.6 Å². The lowest BCUT2D eigenvalue weighted by Crippen LogP contribution is -2.57. The lowest BCUT2D eigenvalue weighted by atomic mass is 9.34. The van der Waals surface area contributed by atoms with Gasteiger partial charge >= 0.3 is 0 Å². The lowest BCUT2D eigenvalue weighted by molar-refractivity contribution is 0.464. The van der Waals surface area contributed by atoms with Crippen molar-refractivity contribution in [2.24, 2.45) is 0 Å². The Hall–Kier alpha value is -6.31. The van der Waals surface area contributed by atoms with E-state index in [1.807, 2.05) is 42.5 Å². The van der Waals surface area contributed by atoms with Gasteiger partial charge in [0.2, 0.25) is 0 Å². The van der Waals surface area contributed by atoms with Crippen LogP contribution in [0.3, 0.4) is 0 Å². The molecule has 0 bridgehead atoms. The topological polar surface area (TPSA) is 42.2 Å². The van der Waals surface area contributed by atoms with Crippen LogP contribution in [0.4, 0.5) is 0 Å². The number of nitrogens with zero attached hydrogens (tertiary/aromatic N) is 1. The maximum absolute atomic E-state index is 10.8. The van der Waals surface area contributed by atoms with E-state index in [9.17, 15) is 5.26 Å². The van der Waals surface area contributed by atoms with Gasteiger partial charge in [0.25, 0.3) is 6.71 Å². The lowest BCUT2D eigenvalue weighted by Gasteiger charge is -2.34. The molecule has 0 unspecified atom stereocenters. The molecule has 2 heterocycles. The molecule has 0 saturated carbocycles. The molecule has 0 saturated heterocycles. The summed E-state index contributed by atoms with van der Waals surface area (Å²) in [7, 11) is 0. The minimum absolute atomic E-state index is 0.0877. The first-order valence-corrected chi connectivity index (χ1v) is 15.9. The maximum atomic E-state index is 10.8. The highest BCUT2D eigenvalue weighted by Crippen LogP contribution is 2.49. The van der Waals surface area contributed by atoms with E-state index in [0.717, 1.165) is 61.5 Å². The summed E-state index contributed by atoms with van der Waals surface area (Å²) in [5.41, 5.74) is 14.7. The van der Waals surface area contributed by atoms with Crippen molar-refractivity contribution in [3.8, 4) is 84.7 Å². The Kier molecular flexibility index (Phi) is 5.44. The second-order valence-electron chi connectivity index (χ2n) is 12.3. The Morgan fingerprint density at radius 3 is 1.45 bits per heavy atom. The third-order valence-corrected chi connectivity index (χ3v) is 9.85. The molecule has 1 aliphatic carbocycles. The fraction of sp³-hybridized carbons (Fsp3) is 0. The van der Waals surface area contributed by atoms with Crippen molar-refractivity contribution in [3.05, 3.63) is 151 Å². The monoisotopic (exact) mass is 597 g/mol. The van der Waals surface area contributed by atoms with Crippen LogP contribution in [0, 0.1) is 11.3 Å². The second-order valence-corrected chi connectivity index (χ2v) is 12.3. The van der Waals surface area contributed by atoms with Crippen molar-refractivity contribution in [1.82, 2.24) is 0 Å². The first-order chi connectivity index (χ1) is 23.3. The Morgan fingerprint density at radius 2 is 0.894 bits per heavy atom. The van der Waals surface area contributed by atoms with Crippen LogP contribution in [0.2, 0.25) is 0 Å². The van der Waals surface area contributed by atoms with Gasteiger partial charge in [0.05, 0.1) is 0 Å². The van der Waals surface area contributed by atoms with Gasteiger partial charge in [-0.2, -0.15) is 5.26 Å². The summed E-state index contributed by atoms with van der Waals surface area (Å²) in [6.07, 6.45) is 0. The van der Waals surface area contributed by atoms with Crippen LogP contribution in [-0.4, -0.2) is 6.71 Å². The highest BCUT2D eigenvalue weighted by Gasteiger charge is 2.42. The molecule has 7 aromatic carbocycles. The first-order valence-electron chi connectivity index (χ1n) is 15.9. The Morgan fingerprint density at radius 1 is 0.426 bits per heavy atom. The van der Waals surface area contributed by atoms with Gasteiger partial charge in [-0.05, 0) is 85.3 Å². The summed E-state index contributed by atoms with van der Waals surface area (Å²) in [4.78, 5) is 0. The SMILES string of the molecule is N#Cc1c(-c2ccc3c(c2)-c2ccccc2-c2ccccc2-c2ccccc2-3)cc2c3c1Oc1ccccc1B3c1ccccc1O2. The second kappa shape index (κ2) is 9.85. The summed E-state index contributed by atoms with van der Waals surface area (Å²) < 4.78 is 13.2. The van der Waals surface area contributed by atoms with Gasteiger partial charge in [-0.25, -0.2) is 0 Å². The molecule has 47 heavy (non-hydrogen) atoms. The quantitative estimate of drug-likeness (QED) is 0.178. The standard InChI is InChI=1S/C43H24BNO2/c45-25-36-34(24-41-42-43(36)47-40-20-10-8-18-38(40)44(42)37-17-7-9-19-39(37)46-41)26-21-22-33-31-15-4-3-13-29(31)27-11-1-2-12-28(27)30-14-5-6-16-32(30)35(33)23-26/h1-24H. The third kappa shape index (κ3) is 3.69. The maximum Gasteiger partial charge on any atom is 0.260 e. The number of hydrogen-bond acceptors (Lipinski definition) is 3. The minimum atomic E-state index is -0.0877. The van der Waals surface area contributed by atoms with Crippen molar-refractivity contribution in [3.63, 3.8) is 0 Å². The van der Waals surface area contributed by atoms with E-state index in [-0.39, 0.29) is 6.71 Å². The number of benzene rings is 7. The fourth-order valence-corrected chi connectivity index (χ4v) is 7.81. The number of rotatable bonds is 1. The predicted molar refractivity (Wildman–Crippen MR) is 190 cm³/mol. The van der Waals surface area contributed by atoms with Gasteiger partial charge in [0, 0.05) is 11.0 Å². The van der Waals surface area contributed by atoms with E-state index in [1.54, 1.807) is 0 Å². The van der Waals surface area contributed by atoms with Crippen molar-refractivity contribution < 1.29 is 9.47 Å². The molecule has 216 valence electrons. The number of para-hydroxylation sites is 2. The molecule has 0 radical (unpaired) electrons. The van der Waals surface area contributed by atoms with Crippen molar-refractivity contribution in [1.29, 1.82) is 5.26 Å². The molecule has 0 aromatic heterocycles. The third-order valence-electron chi connectivity index (χ3n) is 9.85. The average molecular weight is 597 g/mol. The minimum Gasteiger partial charge on any atom is -0.458 e. The van der Waals surface area contributed by atoms with Crippen molar-refractivity contribution >= 4 is 23.1 Å². The zero-order valence-electron chi connectivity index (χ0n) is 25.2. The number of nitriles is 1. The smallest absolute Gasteiger partial charge is 0.260 e. The van der Waals surface area contributed by atoms with E-state index in [1.165, 1.54) is 27.8 Å². The Balaban J connectivity index is 1.24. The molecular formula is C43H24BNO2. The van der Waals surface area contributed by atoms with Crippen LogP contribution in [0.15, 0.2) is 146 Å². The summed E-state index contributed by atoms with van der Waals surface area (Å²) in [5, 5.41) is 10.8. The van der Waals surface area contributed by atoms with Gasteiger partial charge in [-0.1, -0.05) is 121 Å². The molecule has 0 N–H and O–H groups in total. The fourth-order valence-electron chi connectivity index (χ4n) is 7.81. The van der Waals surface area contributed by atoms with Crippen LogP contribution >= 0.6 is 0 Å². The van der Waals surface area contributed by atoms with Gasteiger partial charge in [-0.15, -0.1) is 0 Å². The van der Waals surface area contributed by atoms with E-state index in [0.29, 0.717) is 11.3 Å². The molecule has 0 fully saturated rings. The Bertz CT molecular complexity index is 2490. The molecular weight excluding hydrogens is 573 g/mol. The van der Waals surface area contributed by atoms with Crippen molar-refractivity contribution in [2.45, 2.75) is 0 Å². The van der Waals surface area contributed by atoms with Gasteiger partial charge in [-0.3, -0.25) is 0 Å². The highest BCUT2D eigenvalue weighted by atomic mass is 16.5. The van der Waals surface area contributed by atoms with E-state index in [2.05, 4.69) is 109 Å². The average Bonchev–Trinajstić information content (AvgIpc) is 3.13. The van der Waals surface area contributed by atoms with Crippen LogP contribution in [-0.2, 0) is 0 Å². The first kappa shape index (κ1) is 26.0. The highest BCUT2D eigenvalue weighted by molar-refractivity contribution is 6.98. The molecule has 0 atom stereocenters. The summed E-state index contributed by atoms with van der Waals surface area (Å²) in [6.45, 7) is -0.0877. The molecule has 3 aliphatic rings. The number of hydrogen-bond donors (Lipinski definition) is 0. The number of ether oxygens (including phenoxy) is 2. The largest absolute Gasteiger partial charge is 0.458 e. The van der Waals surface area contributed by atoms with Gasteiger partial charge in [0.15, 0.2) is 0 Å². The zero-order valence-corrected chi connectivity index (χ0v) is 25.2. The van der Waals surface area contributed by atoms with Crippen molar-refractivity contribution in [2.75, 3.05) is 0 Å². The van der Waals surface area contributed by atoms with Crippen LogP contribution < -0.4 is 25.9 Å². The molecule has 0 amide bonds. The molecule has 10 rings (SSSR count). The Labute approximate surface area is 273 Å². The molecule has 4 heteroatoms. The summed E-state index contributed by atoms with van der Waals surface area (Å²) >= 11 is 0. The van der Waals surface area contributed by atoms with Crippen LogP contribution in [0.5, 0.6) is 23.0 Å².